The van der Waals surface area contributed by atoms with Gasteiger partial charge in [-0.15, -0.1) is 4.91 Å². The van der Waals surface area contributed by atoms with Crippen molar-refractivity contribution < 1.29 is 0 Å². The zero-order valence-corrected chi connectivity index (χ0v) is 6.27. The Bertz CT molecular complexity index is 224. The first kappa shape index (κ1) is 7.65. The summed E-state index contributed by atoms with van der Waals surface area (Å²) in [4.78, 5) is 13.8. The highest BCUT2D eigenvalue weighted by Crippen LogP contribution is 1.99. The second kappa shape index (κ2) is 3.65. The van der Waals surface area contributed by atoms with E-state index in [0.717, 1.165) is 5.56 Å². The van der Waals surface area contributed by atoms with Crippen LogP contribution in [0, 0.1) is 4.91 Å². The molecular weight excluding hydrogens is 142 g/mol. The fraction of sp³-hybridized carbons (Fsp3) is 0.286. The Morgan fingerprint density at radius 3 is 2.73 bits per heavy atom. The number of hydrogen-bond donors (Lipinski definition) is 0. The Morgan fingerprint density at radius 2 is 2.18 bits per heavy atom. The van der Waals surface area contributed by atoms with Crippen LogP contribution >= 0.6 is 0 Å². The largest absolute Gasteiger partial charge is 0.265 e. The average Bonchev–Trinajstić information content (AvgIpc) is 2.06. The van der Waals surface area contributed by atoms with Crippen molar-refractivity contribution in [3.05, 3.63) is 35.0 Å². The molecule has 58 valence electrons. The van der Waals surface area contributed by atoms with Crippen molar-refractivity contribution >= 4 is 0 Å². The molecule has 1 rings (SSSR count). The van der Waals surface area contributed by atoms with Crippen LogP contribution in [0.3, 0.4) is 0 Å². The Hall–Kier alpha value is -1.45. The lowest BCUT2D eigenvalue weighted by molar-refractivity contribution is 0.341. The van der Waals surface area contributed by atoms with E-state index in [-0.39, 0.29) is 0 Å². The number of hydrogen-bond acceptors (Lipinski definition) is 3. The number of nitrogens with zero attached hydrogens (tertiary/aromatic N) is 3. The summed E-state index contributed by atoms with van der Waals surface area (Å²) >= 11 is 0. The summed E-state index contributed by atoms with van der Waals surface area (Å²) in [6.07, 6.45) is 3.38. The van der Waals surface area contributed by atoms with Gasteiger partial charge in [0.15, 0.2) is 0 Å². The van der Waals surface area contributed by atoms with Crippen LogP contribution in [0.1, 0.15) is 5.56 Å². The highest BCUT2D eigenvalue weighted by Gasteiger charge is 1.95. The fourth-order valence-electron chi connectivity index (χ4n) is 0.781. The predicted octanol–water partition coefficient (Wildman–Crippen LogP) is 1.19. The molecule has 0 fully saturated rings. The maximum atomic E-state index is 9.97. The summed E-state index contributed by atoms with van der Waals surface area (Å²) in [7, 11) is 1.63. The van der Waals surface area contributed by atoms with Crippen LogP contribution in [0.5, 0.6) is 0 Å². The van der Waals surface area contributed by atoms with E-state index in [2.05, 4.69) is 10.3 Å². The van der Waals surface area contributed by atoms with E-state index >= 15 is 0 Å². The third-order valence-corrected chi connectivity index (χ3v) is 1.30. The second-order valence-corrected chi connectivity index (χ2v) is 2.25. The number of aromatic nitrogens is 1. The summed E-state index contributed by atoms with van der Waals surface area (Å²) in [5.74, 6) is 0. The van der Waals surface area contributed by atoms with E-state index in [1.54, 1.807) is 19.4 Å². The molecule has 0 bridgehead atoms. The predicted molar refractivity (Wildman–Crippen MR) is 41.5 cm³/mol. The smallest absolute Gasteiger partial charge is 0.0640 e. The van der Waals surface area contributed by atoms with E-state index in [1.807, 2.05) is 12.1 Å². The van der Waals surface area contributed by atoms with Gasteiger partial charge in [-0.05, 0) is 17.7 Å². The molecule has 1 aromatic rings. The maximum Gasteiger partial charge on any atom is 0.0640 e. The molecule has 0 unspecified atom stereocenters. The zero-order chi connectivity index (χ0) is 8.10. The van der Waals surface area contributed by atoms with Crippen LogP contribution < -0.4 is 0 Å². The third-order valence-electron chi connectivity index (χ3n) is 1.30. The van der Waals surface area contributed by atoms with Gasteiger partial charge in [-0.25, -0.2) is 0 Å². The molecule has 11 heavy (non-hydrogen) atoms. The van der Waals surface area contributed by atoms with Gasteiger partial charge in [0.1, 0.15) is 0 Å². The van der Waals surface area contributed by atoms with Gasteiger partial charge in [0, 0.05) is 19.4 Å². The molecule has 0 amide bonds. The Kier molecular flexibility index (Phi) is 2.54. The fourth-order valence-corrected chi connectivity index (χ4v) is 0.781. The summed E-state index contributed by atoms with van der Waals surface area (Å²) in [5, 5.41) is 4.08. The zero-order valence-electron chi connectivity index (χ0n) is 6.27. The third kappa shape index (κ3) is 2.33. The topological polar surface area (TPSA) is 45.6 Å². The molecule has 0 saturated heterocycles. The highest BCUT2D eigenvalue weighted by atomic mass is 16.3. The molecule has 0 aliphatic heterocycles. The SMILES string of the molecule is CN(Cc1ccncc1)N=O. The Morgan fingerprint density at radius 1 is 1.55 bits per heavy atom. The molecule has 4 heteroatoms. The van der Waals surface area contributed by atoms with Crippen LogP contribution in [0.4, 0.5) is 0 Å². The van der Waals surface area contributed by atoms with Crippen molar-refractivity contribution in [1.82, 2.24) is 9.99 Å². The lowest BCUT2D eigenvalue weighted by atomic mass is 10.3. The monoisotopic (exact) mass is 151 g/mol. The van der Waals surface area contributed by atoms with E-state index in [0.29, 0.717) is 6.54 Å². The van der Waals surface area contributed by atoms with E-state index in [4.69, 9.17) is 0 Å². The van der Waals surface area contributed by atoms with Crippen molar-refractivity contribution in [3.63, 3.8) is 0 Å². The van der Waals surface area contributed by atoms with Gasteiger partial charge in [-0.2, -0.15) is 0 Å². The first-order chi connectivity index (χ1) is 5.33. The van der Waals surface area contributed by atoms with Crippen LogP contribution in [0.2, 0.25) is 0 Å². The molecule has 0 N–H and O–H groups in total. The minimum absolute atomic E-state index is 0.534. The molecule has 0 radical (unpaired) electrons. The molecule has 4 nitrogen and oxygen atoms in total. The van der Waals surface area contributed by atoms with Gasteiger partial charge in [0.2, 0.25) is 0 Å². The van der Waals surface area contributed by atoms with E-state index in [1.165, 1.54) is 5.01 Å². The summed E-state index contributed by atoms with van der Waals surface area (Å²) < 4.78 is 0. The molecule has 0 spiro atoms. The lowest BCUT2D eigenvalue weighted by Crippen LogP contribution is -2.08. The summed E-state index contributed by atoms with van der Waals surface area (Å²) in [6.45, 7) is 0.534. The van der Waals surface area contributed by atoms with Crippen LogP contribution in [0.25, 0.3) is 0 Å². The lowest BCUT2D eigenvalue weighted by Gasteiger charge is -2.06. The van der Waals surface area contributed by atoms with E-state index < -0.39 is 0 Å². The molecule has 0 aliphatic rings. The highest BCUT2D eigenvalue weighted by molar-refractivity contribution is 5.08. The maximum absolute atomic E-state index is 9.97. The molecule has 0 atom stereocenters. The van der Waals surface area contributed by atoms with Gasteiger partial charge in [0.25, 0.3) is 0 Å². The summed E-state index contributed by atoms with van der Waals surface area (Å²) in [5.41, 5.74) is 1.03. The van der Waals surface area contributed by atoms with Crippen LogP contribution in [-0.2, 0) is 6.54 Å². The number of nitroso groups, excluding NO2 is 1. The van der Waals surface area contributed by atoms with Crippen molar-refractivity contribution in [2.75, 3.05) is 7.05 Å². The standard InChI is InChI=1S/C7H9N3O/c1-10(9-11)6-7-2-4-8-5-3-7/h2-5H,6H2,1H3. The Labute approximate surface area is 64.8 Å². The summed E-state index contributed by atoms with van der Waals surface area (Å²) in [6, 6.07) is 3.70. The van der Waals surface area contributed by atoms with Crippen molar-refractivity contribution in [3.8, 4) is 0 Å². The van der Waals surface area contributed by atoms with E-state index in [9.17, 15) is 4.91 Å². The first-order valence-electron chi connectivity index (χ1n) is 3.26. The van der Waals surface area contributed by atoms with Gasteiger partial charge in [-0.1, -0.05) is 0 Å². The van der Waals surface area contributed by atoms with Gasteiger partial charge in [-0.3, -0.25) is 9.99 Å². The average molecular weight is 151 g/mol. The van der Waals surface area contributed by atoms with Gasteiger partial charge < -0.3 is 0 Å². The Balaban J connectivity index is 2.57. The molecular formula is C7H9N3O. The number of rotatable bonds is 3. The molecule has 0 aromatic carbocycles. The molecule has 0 saturated carbocycles. The van der Waals surface area contributed by atoms with Crippen molar-refractivity contribution in [2.24, 2.45) is 5.29 Å². The van der Waals surface area contributed by atoms with Crippen molar-refractivity contribution in [2.45, 2.75) is 6.54 Å². The molecule has 1 heterocycles. The van der Waals surface area contributed by atoms with Gasteiger partial charge >= 0.3 is 0 Å². The van der Waals surface area contributed by atoms with Gasteiger partial charge in [0.05, 0.1) is 11.8 Å². The van der Waals surface area contributed by atoms with Crippen molar-refractivity contribution in [1.29, 1.82) is 0 Å². The second-order valence-electron chi connectivity index (χ2n) is 2.25. The van der Waals surface area contributed by atoms with Crippen LogP contribution in [-0.4, -0.2) is 17.0 Å². The van der Waals surface area contributed by atoms with Crippen LogP contribution in [0.15, 0.2) is 29.8 Å². The normalized spacial score (nSPS) is 9.18. The minimum atomic E-state index is 0.534. The number of pyridine rings is 1. The molecule has 0 aliphatic carbocycles. The molecule has 1 aromatic heterocycles. The minimum Gasteiger partial charge on any atom is -0.265 e. The first-order valence-corrected chi connectivity index (χ1v) is 3.26. The quantitative estimate of drug-likeness (QED) is 0.481.